The number of ether oxygens (including phenoxy) is 1. The van der Waals surface area contributed by atoms with Crippen LogP contribution in [-0.2, 0) is 6.54 Å². The van der Waals surface area contributed by atoms with Gasteiger partial charge in [-0.2, -0.15) is 0 Å². The van der Waals surface area contributed by atoms with Crippen LogP contribution in [0.3, 0.4) is 0 Å². The van der Waals surface area contributed by atoms with E-state index in [-0.39, 0.29) is 18.3 Å². The Morgan fingerprint density at radius 1 is 1.03 bits per heavy atom. The van der Waals surface area contributed by atoms with Crippen molar-refractivity contribution >= 4 is 5.91 Å². The summed E-state index contributed by atoms with van der Waals surface area (Å²) in [6.45, 7) is 0.114. The van der Waals surface area contributed by atoms with Gasteiger partial charge in [0.1, 0.15) is 17.3 Å². The van der Waals surface area contributed by atoms with Crippen molar-refractivity contribution in [3.8, 4) is 22.9 Å². The van der Waals surface area contributed by atoms with Crippen molar-refractivity contribution in [2.45, 2.75) is 6.54 Å². The molecule has 2 heterocycles. The fraction of sp³-hybridized carbons (Fsp3) is 0.0455. The fourth-order valence-corrected chi connectivity index (χ4v) is 2.65. The molecule has 0 aliphatic rings. The summed E-state index contributed by atoms with van der Waals surface area (Å²) in [6.07, 6.45) is 1.43. The topological polar surface area (TPSA) is 77.2 Å². The van der Waals surface area contributed by atoms with Crippen molar-refractivity contribution in [1.29, 1.82) is 0 Å². The molecule has 4 rings (SSSR count). The van der Waals surface area contributed by atoms with Gasteiger partial charge in [0, 0.05) is 23.9 Å². The zero-order chi connectivity index (χ0) is 20.1. The highest BCUT2D eigenvalue weighted by atomic mass is 19.1. The first-order chi connectivity index (χ1) is 14.2. The Labute approximate surface area is 166 Å². The highest BCUT2D eigenvalue weighted by Crippen LogP contribution is 2.22. The van der Waals surface area contributed by atoms with Gasteiger partial charge in [-0.15, -0.1) is 0 Å². The second-order valence-electron chi connectivity index (χ2n) is 6.14. The lowest BCUT2D eigenvalue weighted by Crippen LogP contribution is -2.22. The number of para-hydroxylation sites is 1. The predicted octanol–water partition coefficient (Wildman–Crippen LogP) is 4.60. The Balaban J connectivity index is 1.36. The number of carbonyl (C=O) groups is 1. The van der Waals surface area contributed by atoms with Crippen LogP contribution in [0.1, 0.15) is 16.1 Å². The van der Waals surface area contributed by atoms with E-state index >= 15 is 0 Å². The van der Waals surface area contributed by atoms with E-state index in [1.54, 1.807) is 36.4 Å². The maximum Gasteiger partial charge on any atom is 0.253 e. The molecule has 2 aromatic carbocycles. The van der Waals surface area contributed by atoms with Crippen LogP contribution in [0.5, 0.6) is 11.6 Å². The summed E-state index contributed by atoms with van der Waals surface area (Å²) in [5, 5.41) is 6.57. The summed E-state index contributed by atoms with van der Waals surface area (Å²) in [5.74, 6) is 0.743. The number of halogens is 1. The van der Waals surface area contributed by atoms with E-state index in [1.807, 2.05) is 30.3 Å². The first-order valence-corrected chi connectivity index (χ1v) is 8.87. The SMILES string of the molecule is O=C(NCc1cc(-c2ccccc2F)no1)c1ccc(Oc2ccccc2)nc1. The number of carbonyl (C=O) groups excluding carboxylic acids is 1. The van der Waals surface area contributed by atoms with Gasteiger partial charge in [-0.25, -0.2) is 9.37 Å². The minimum Gasteiger partial charge on any atom is -0.439 e. The minimum absolute atomic E-state index is 0.114. The van der Waals surface area contributed by atoms with Crippen molar-refractivity contribution in [1.82, 2.24) is 15.5 Å². The lowest BCUT2D eigenvalue weighted by molar-refractivity contribution is 0.0946. The minimum atomic E-state index is -0.389. The van der Waals surface area contributed by atoms with Gasteiger partial charge in [-0.05, 0) is 30.3 Å². The third kappa shape index (κ3) is 4.47. The number of hydrogen-bond acceptors (Lipinski definition) is 5. The Kier molecular flexibility index (Phi) is 5.29. The molecule has 6 nitrogen and oxygen atoms in total. The Hall–Kier alpha value is -4.00. The van der Waals surface area contributed by atoms with Gasteiger partial charge in [0.25, 0.3) is 5.91 Å². The molecule has 29 heavy (non-hydrogen) atoms. The van der Waals surface area contributed by atoms with E-state index < -0.39 is 0 Å². The van der Waals surface area contributed by atoms with Crippen LogP contribution in [0, 0.1) is 5.82 Å². The average Bonchev–Trinajstić information content (AvgIpc) is 3.22. The molecule has 0 aliphatic heterocycles. The van der Waals surface area contributed by atoms with E-state index in [4.69, 9.17) is 9.26 Å². The van der Waals surface area contributed by atoms with Gasteiger partial charge in [-0.3, -0.25) is 4.79 Å². The molecule has 0 spiro atoms. The quantitative estimate of drug-likeness (QED) is 0.522. The van der Waals surface area contributed by atoms with Crippen LogP contribution in [0.4, 0.5) is 4.39 Å². The zero-order valence-corrected chi connectivity index (χ0v) is 15.2. The number of nitrogens with zero attached hydrogens (tertiary/aromatic N) is 2. The zero-order valence-electron chi connectivity index (χ0n) is 15.2. The molecule has 0 unspecified atom stereocenters. The lowest BCUT2D eigenvalue weighted by atomic mass is 10.1. The molecule has 1 N–H and O–H groups in total. The number of benzene rings is 2. The Bertz CT molecular complexity index is 1110. The van der Waals surface area contributed by atoms with Gasteiger partial charge in [-0.1, -0.05) is 35.5 Å². The molecule has 2 aromatic heterocycles. The van der Waals surface area contributed by atoms with E-state index in [0.29, 0.717) is 34.2 Å². The van der Waals surface area contributed by atoms with Crippen LogP contribution in [0.2, 0.25) is 0 Å². The van der Waals surface area contributed by atoms with Crippen LogP contribution in [0.25, 0.3) is 11.3 Å². The highest BCUT2D eigenvalue weighted by molar-refractivity contribution is 5.93. The normalized spacial score (nSPS) is 10.5. The third-order valence-electron chi connectivity index (χ3n) is 4.10. The van der Waals surface area contributed by atoms with Gasteiger partial charge >= 0.3 is 0 Å². The maximum atomic E-state index is 13.8. The molecule has 0 radical (unpaired) electrons. The van der Waals surface area contributed by atoms with E-state index in [1.165, 1.54) is 12.3 Å². The maximum absolute atomic E-state index is 13.8. The van der Waals surface area contributed by atoms with Crippen molar-refractivity contribution < 1.29 is 18.4 Å². The van der Waals surface area contributed by atoms with E-state index in [2.05, 4.69) is 15.5 Å². The largest absolute Gasteiger partial charge is 0.439 e. The molecule has 0 saturated carbocycles. The number of hydrogen-bond donors (Lipinski definition) is 1. The first-order valence-electron chi connectivity index (χ1n) is 8.87. The first kappa shape index (κ1) is 18.4. The number of rotatable bonds is 6. The molecule has 7 heteroatoms. The molecular formula is C22H16FN3O3. The number of amides is 1. The number of aromatic nitrogens is 2. The molecule has 0 atom stereocenters. The van der Waals surface area contributed by atoms with Crippen LogP contribution in [-0.4, -0.2) is 16.0 Å². The molecule has 0 bridgehead atoms. The number of nitrogens with one attached hydrogen (secondary N) is 1. The third-order valence-corrected chi connectivity index (χ3v) is 4.10. The monoisotopic (exact) mass is 389 g/mol. The molecule has 144 valence electrons. The van der Waals surface area contributed by atoms with E-state index in [9.17, 15) is 9.18 Å². The smallest absolute Gasteiger partial charge is 0.253 e. The summed E-state index contributed by atoms with van der Waals surface area (Å²) < 4.78 is 24.6. The summed E-state index contributed by atoms with van der Waals surface area (Å²) in [7, 11) is 0. The van der Waals surface area contributed by atoms with Crippen molar-refractivity contribution in [2.75, 3.05) is 0 Å². The molecule has 1 amide bonds. The average molecular weight is 389 g/mol. The standard InChI is InChI=1S/C22H16FN3O3/c23-19-9-5-4-8-18(19)20-12-17(29-26-20)14-25-22(27)15-10-11-21(24-13-15)28-16-6-2-1-3-7-16/h1-13H,14H2,(H,25,27). The highest BCUT2D eigenvalue weighted by Gasteiger charge is 2.12. The van der Waals surface area contributed by atoms with E-state index in [0.717, 1.165) is 0 Å². The molecular weight excluding hydrogens is 373 g/mol. The van der Waals surface area contributed by atoms with Crippen LogP contribution >= 0.6 is 0 Å². The van der Waals surface area contributed by atoms with Gasteiger partial charge in [0.05, 0.1) is 12.1 Å². The van der Waals surface area contributed by atoms with Gasteiger partial charge in [0.2, 0.25) is 5.88 Å². The fourth-order valence-electron chi connectivity index (χ4n) is 2.65. The van der Waals surface area contributed by atoms with Gasteiger partial charge in [0.15, 0.2) is 5.76 Å². The number of pyridine rings is 1. The summed E-state index contributed by atoms with van der Waals surface area (Å²) in [5.41, 5.74) is 1.09. The van der Waals surface area contributed by atoms with Crippen LogP contribution < -0.4 is 10.1 Å². The lowest BCUT2D eigenvalue weighted by Gasteiger charge is -2.06. The van der Waals surface area contributed by atoms with Crippen LogP contribution in [0.15, 0.2) is 83.5 Å². The molecule has 4 aromatic rings. The second-order valence-corrected chi connectivity index (χ2v) is 6.14. The molecule has 0 saturated heterocycles. The molecule has 0 aliphatic carbocycles. The second kappa shape index (κ2) is 8.35. The summed E-state index contributed by atoms with van der Waals surface area (Å²) in [4.78, 5) is 16.4. The molecule has 0 fully saturated rings. The Morgan fingerprint density at radius 3 is 2.59 bits per heavy atom. The summed E-state index contributed by atoms with van der Waals surface area (Å²) in [6, 6.07) is 20.3. The van der Waals surface area contributed by atoms with Crippen molar-refractivity contribution in [2.24, 2.45) is 0 Å². The summed E-state index contributed by atoms with van der Waals surface area (Å²) >= 11 is 0. The van der Waals surface area contributed by atoms with Crippen molar-refractivity contribution in [3.63, 3.8) is 0 Å². The Morgan fingerprint density at radius 2 is 1.83 bits per heavy atom. The van der Waals surface area contributed by atoms with Crippen molar-refractivity contribution in [3.05, 3.63) is 96.1 Å². The predicted molar refractivity (Wildman–Crippen MR) is 104 cm³/mol. The van der Waals surface area contributed by atoms with Gasteiger partial charge < -0.3 is 14.6 Å².